The predicted molar refractivity (Wildman–Crippen MR) is 80.2 cm³/mol. The van der Waals surface area contributed by atoms with Crippen LogP contribution in [0.1, 0.15) is 18.7 Å². The lowest BCUT2D eigenvalue weighted by molar-refractivity contribution is 0.110. The minimum absolute atomic E-state index is 0.185. The van der Waals surface area contributed by atoms with Crippen LogP contribution in [-0.2, 0) is 11.2 Å². The van der Waals surface area contributed by atoms with Crippen molar-refractivity contribution in [1.82, 2.24) is 9.97 Å². The van der Waals surface area contributed by atoms with E-state index in [1.807, 2.05) is 30.3 Å². The summed E-state index contributed by atoms with van der Waals surface area (Å²) < 4.78 is 5.59. The Balaban J connectivity index is 1.90. The van der Waals surface area contributed by atoms with Crippen molar-refractivity contribution in [1.29, 1.82) is 0 Å². The van der Waals surface area contributed by atoms with Crippen LogP contribution < -0.4 is 0 Å². The molecule has 0 saturated carbocycles. The van der Waals surface area contributed by atoms with Crippen molar-refractivity contribution >= 4 is 23.2 Å². The first kappa shape index (κ1) is 13.8. The molecule has 20 heavy (non-hydrogen) atoms. The maximum atomic E-state index is 6.28. The number of hydrogen-bond acceptors (Lipinski definition) is 3. The van der Waals surface area contributed by atoms with Crippen LogP contribution in [0.15, 0.2) is 30.3 Å². The van der Waals surface area contributed by atoms with Gasteiger partial charge >= 0.3 is 0 Å². The van der Waals surface area contributed by atoms with Crippen LogP contribution in [0, 0.1) is 0 Å². The van der Waals surface area contributed by atoms with Gasteiger partial charge < -0.3 is 4.74 Å². The molecular formula is C15H14Cl2N2O. The molecule has 0 N–H and O–H groups in total. The Morgan fingerprint density at radius 2 is 1.80 bits per heavy atom. The van der Waals surface area contributed by atoms with Crippen molar-refractivity contribution in [2.75, 3.05) is 6.61 Å². The zero-order valence-corrected chi connectivity index (χ0v) is 12.4. The van der Waals surface area contributed by atoms with E-state index in [2.05, 4.69) is 9.97 Å². The monoisotopic (exact) mass is 308 g/mol. The van der Waals surface area contributed by atoms with Gasteiger partial charge in [0.15, 0.2) is 0 Å². The van der Waals surface area contributed by atoms with Crippen molar-refractivity contribution in [3.8, 4) is 11.1 Å². The van der Waals surface area contributed by atoms with Crippen molar-refractivity contribution < 1.29 is 4.74 Å². The first-order valence-electron chi connectivity index (χ1n) is 6.63. The summed E-state index contributed by atoms with van der Waals surface area (Å²) in [4.78, 5) is 8.73. The minimum Gasteiger partial charge on any atom is -0.378 e. The molecule has 1 unspecified atom stereocenters. The first-order valence-corrected chi connectivity index (χ1v) is 7.38. The highest BCUT2D eigenvalue weighted by atomic mass is 35.5. The fourth-order valence-electron chi connectivity index (χ4n) is 2.39. The molecule has 1 atom stereocenters. The average molecular weight is 309 g/mol. The fraction of sp³-hybridized carbons (Fsp3) is 0.333. The molecule has 0 bridgehead atoms. The van der Waals surface area contributed by atoms with E-state index in [0.29, 0.717) is 28.1 Å². The third-order valence-electron chi connectivity index (χ3n) is 3.36. The molecule has 5 heteroatoms. The summed E-state index contributed by atoms with van der Waals surface area (Å²) in [6.07, 6.45) is 2.98. The maximum Gasteiger partial charge on any atom is 0.142 e. The molecule has 2 aromatic rings. The third kappa shape index (κ3) is 2.95. The Hall–Kier alpha value is -1.16. The van der Waals surface area contributed by atoms with Gasteiger partial charge in [-0.1, -0.05) is 53.5 Å². The van der Waals surface area contributed by atoms with Crippen LogP contribution in [0.3, 0.4) is 0 Å². The lowest BCUT2D eigenvalue weighted by atomic mass is 10.1. The zero-order valence-electron chi connectivity index (χ0n) is 10.9. The molecule has 2 heterocycles. The van der Waals surface area contributed by atoms with Crippen LogP contribution in [0.4, 0.5) is 0 Å². The molecule has 0 spiro atoms. The van der Waals surface area contributed by atoms with Crippen LogP contribution in [-0.4, -0.2) is 22.7 Å². The van der Waals surface area contributed by atoms with Crippen LogP contribution in [0.5, 0.6) is 0 Å². The van der Waals surface area contributed by atoms with Crippen molar-refractivity contribution in [2.45, 2.75) is 25.4 Å². The topological polar surface area (TPSA) is 35.0 Å². The standard InChI is InChI=1S/C15H14Cl2N2O/c16-14-13(10-5-2-1-3-6-10)15(17)19-12(18-14)9-11-7-4-8-20-11/h1-3,5-6,11H,4,7-9H2. The Morgan fingerprint density at radius 3 is 2.40 bits per heavy atom. The molecule has 3 nitrogen and oxygen atoms in total. The van der Waals surface area contributed by atoms with E-state index >= 15 is 0 Å². The van der Waals surface area contributed by atoms with E-state index in [1.165, 1.54) is 0 Å². The van der Waals surface area contributed by atoms with E-state index < -0.39 is 0 Å². The lowest BCUT2D eigenvalue weighted by Gasteiger charge is -2.11. The lowest BCUT2D eigenvalue weighted by Crippen LogP contribution is -2.12. The van der Waals surface area contributed by atoms with Crippen molar-refractivity contribution in [3.05, 3.63) is 46.5 Å². The number of benzene rings is 1. The largest absolute Gasteiger partial charge is 0.378 e. The molecule has 0 amide bonds. The summed E-state index contributed by atoms with van der Waals surface area (Å²) in [7, 11) is 0. The molecule has 1 saturated heterocycles. The number of ether oxygens (including phenoxy) is 1. The predicted octanol–water partition coefficient (Wildman–Crippen LogP) is 4.17. The number of halogens is 2. The smallest absolute Gasteiger partial charge is 0.142 e. The number of rotatable bonds is 3. The van der Waals surface area contributed by atoms with Gasteiger partial charge in [0, 0.05) is 13.0 Å². The van der Waals surface area contributed by atoms with E-state index in [0.717, 1.165) is 25.0 Å². The van der Waals surface area contributed by atoms with Gasteiger partial charge in [0.1, 0.15) is 16.1 Å². The van der Waals surface area contributed by atoms with Crippen molar-refractivity contribution in [2.24, 2.45) is 0 Å². The van der Waals surface area contributed by atoms with Crippen LogP contribution in [0.25, 0.3) is 11.1 Å². The van der Waals surface area contributed by atoms with Gasteiger partial charge in [0.25, 0.3) is 0 Å². The van der Waals surface area contributed by atoms with E-state index in [1.54, 1.807) is 0 Å². The molecule has 1 aliphatic rings. The van der Waals surface area contributed by atoms with Crippen LogP contribution >= 0.6 is 23.2 Å². The first-order chi connectivity index (χ1) is 9.74. The second-order valence-corrected chi connectivity index (χ2v) is 5.52. The average Bonchev–Trinajstić information content (AvgIpc) is 2.92. The maximum absolute atomic E-state index is 6.28. The Kier molecular flexibility index (Phi) is 4.20. The summed E-state index contributed by atoms with van der Waals surface area (Å²) in [5.74, 6) is 0.645. The van der Waals surface area contributed by atoms with Gasteiger partial charge in [-0.15, -0.1) is 0 Å². The second-order valence-electron chi connectivity index (χ2n) is 4.80. The quantitative estimate of drug-likeness (QED) is 0.798. The Labute approximate surface area is 127 Å². The fourth-order valence-corrected chi connectivity index (χ4v) is 3.03. The van der Waals surface area contributed by atoms with E-state index in [-0.39, 0.29) is 6.10 Å². The van der Waals surface area contributed by atoms with Gasteiger partial charge in [0.2, 0.25) is 0 Å². The second kappa shape index (κ2) is 6.08. The van der Waals surface area contributed by atoms with E-state index in [9.17, 15) is 0 Å². The van der Waals surface area contributed by atoms with Gasteiger partial charge in [-0.25, -0.2) is 9.97 Å². The SMILES string of the molecule is Clc1nc(CC2CCCO2)nc(Cl)c1-c1ccccc1. The molecule has 104 valence electrons. The number of nitrogens with zero attached hydrogens (tertiary/aromatic N) is 2. The molecule has 1 aromatic carbocycles. The molecule has 1 fully saturated rings. The number of aromatic nitrogens is 2. The van der Waals surface area contributed by atoms with Crippen LogP contribution in [0.2, 0.25) is 10.3 Å². The molecule has 0 aliphatic carbocycles. The number of hydrogen-bond donors (Lipinski definition) is 0. The third-order valence-corrected chi connectivity index (χ3v) is 3.91. The molecule has 0 radical (unpaired) electrons. The summed E-state index contributed by atoms with van der Waals surface area (Å²) in [5, 5.41) is 0.786. The van der Waals surface area contributed by atoms with Gasteiger partial charge in [-0.3, -0.25) is 0 Å². The van der Waals surface area contributed by atoms with Gasteiger partial charge in [0.05, 0.1) is 11.7 Å². The summed E-state index contributed by atoms with van der Waals surface area (Å²) in [5.41, 5.74) is 1.61. The molecule has 3 rings (SSSR count). The molecule has 1 aliphatic heterocycles. The normalized spacial score (nSPS) is 18.4. The Bertz CT molecular complexity index is 575. The molecule has 1 aromatic heterocycles. The molecular weight excluding hydrogens is 295 g/mol. The van der Waals surface area contributed by atoms with Gasteiger partial charge in [-0.2, -0.15) is 0 Å². The van der Waals surface area contributed by atoms with E-state index in [4.69, 9.17) is 27.9 Å². The highest BCUT2D eigenvalue weighted by Gasteiger charge is 2.20. The Morgan fingerprint density at radius 1 is 1.10 bits per heavy atom. The van der Waals surface area contributed by atoms with Gasteiger partial charge in [-0.05, 0) is 18.4 Å². The summed E-state index contributed by atoms with van der Waals surface area (Å²) in [6, 6.07) is 9.69. The zero-order chi connectivity index (χ0) is 13.9. The highest BCUT2D eigenvalue weighted by Crippen LogP contribution is 2.32. The highest BCUT2D eigenvalue weighted by molar-refractivity contribution is 6.37. The van der Waals surface area contributed by atoms with Crippen molar-refractivity contribution in [3.63, 3.8) is 0 Å². The minimum atomic E-state index is 0.185. The summed E-state index contributed by atoms with van der Waals surface area (Å²) in [6.45, 7) is 0.814. The summed E-state index contributed by atoms with van der Waals surface area (Å²) >= 11 is 12.6.